The lowest BCUT2D eigenvalue weighted by atomic mass is 9.90. The molecule has 0 spiro atoms. The van der Waals surface area contributed by atoms with Gasteiger partial charge in [0, 0.05) is 24.7 Å². The maximum atomic E-state index is 16.9. The van der Waals surface area contributed by atoms with Crippen LogP contribution < -0.4 is 15.0 Å². The lowest BCUT2D eigenvalue weighted by Gasteiger charge is -2.42. The zero-order valence-corrected chi connectivity index (χ0v) is 26.0. The number of piperidine rings is 1. The van der Waals surface area contributed by atoms with Crippen molar-refractivity contribution in [1.29, 1.82) is 0 Å². The van der Waals surface area contributed by atoms with E-state index in [2.05, 4.69) is 20.2 Å². The third kappa shape index (κ3) is 5.09. The molecule has 0 aliphatic carbocycles. The van der Waals surface area contributed by atoms with Gasteiger partial charge in [0.15, 0.2) is 5.82 Å². The molecule has 1 unspecified atom stereocenters. The van der Waals surface area contributed by atoms with Gasteiger partial charge in [0.2, 0.25) is 0 Å². The van der Waals surface area contributed by atoms with Crippen molar-refractivity contribution in [3.05, 3.63) is 54.0 Å². The summed E-state index contributed by atoms with van der Waals surface area (Å²) in [5, 5.41) is 5.12. The number of aryl methyl sites for hydroxylation is 1. The molecule has 240 valence electrons. The number of carbonyl (C=O) groups is 1. The molecule has 5 aliphatic heterocycles. The van der Waals surface area contributed by atoms with E-state index in [0.717, 1.165) is 55.1 Å². The van der Waals surface area contributed by atoms with Crippen LogP contribution in [0.1, 0.15) is 51.0 Å². The highest BCUT2D eigenvalue weighted by Crippen LogP contribution is 2.41. The second-order valence-corrected chi connectivity index (χ2v) is 13.6. The van der Waals surface area contributed by atoms with E-state index in [-0.39, 0.29) is 48.9 Å². The fourth-order valence-electron chi connectivity index (χ4n) is 8.30. The van der Waals surface area contributed by atoms with Gasteiger partial charge in [-0.15, -0.1) is 0 Å². The van der Waals surface area contributed by atoms with Crippen molar-refractivity contribution < 1.29 is 23.0 Å². The third-order valence-electron chi connectivity index (χ3n) is 10.3. The molecular formula is C35H38F2N6O3. The molecule has 2 atom stereocenters. The number of pyridine rings is 1. The summed E-state index contributed by atoms with van der Waals surface area (Å²) < 4.78 is 44.3. The number of nitrogens with one attached hydrogen (secondary N) is 1. The molecule has 7 heterocycles. The molecule has 9 nitrogen and oxygen atoms in total. The van der Waals surface area contributed by atoms with Crippen molar-refractivity contribution in [2.24, 2.45) is 0 Å². The molecule has 4 aromatic rings. The minimum absolute atomic E-state index is 0.0195. The second kappa shape index (κ2) is 11.3. The second-order valence-electron chi connectivity index (χ2n) is 13.6. The van der Waals surface area contributed by atoms with Crippen LogP contribution >= 0.6 is 0 Å². The summed E-state index contributed by atoms with van der Waals surface area (Å²) in [7, 11) is 0. The minimum atomic E-state index is -1.27. The van der Waals surface area contributed by atoms with E-state index in [1.54, 1.807) is 18.0 Å². The van der Waals surface area contributed by atoms with Gasteiger partial charge in [0.1, 0.15) is 29.8 Å². The Hall–Kier alpha value is -4.12. The van der Waals surface area contributed by atoms with E-state index in [1.807, 2.05) is 36.4 Å². The van der Waals surface area contributed by atoms with Crippen molar-refractivity contribution in [3.63, 3.8) is 0 Å². The number of amides is 1. The topological polar surface area (TPSA) is 92.7 Å². The number of nitrogens with zero attached hydrogens (tertiary/aromatic N) is 5. The fraction of sp³-hybridized carbons (Fsp3) is 0.486. The van der Waals surface area contributed by atoms with Crippen LogP contribution in [-0.4, -0.2) is 82.6 Å². The van der Waals surface area contributed by atoms with Gasteiger partial charge < -0.3 is 19.7 Å². The Morgan fingerprint density at radius 2 is 1.91 bits per heavy atom. The van der Waals surface area contributed by atoms with Crippen molar-refractivity contribution in [1.82, 2.24) is 25.2 Å². The van der Waals surface area contributed by atoms with Gasteiger partial charge >= 0.3 is 12.1 Å². The van der Waals surface area contributed by atoms with Crippen LogP contribution in [-0.2, 0) is 11.2 Å². The number of anilines is 1. The number of hydrogen-bond donors (Lipinski definition) is 1. The Morgan fingerprint density at radius 1 is 1.11 bits per heavy atom. The molecule has 2 aromatic heterocycles. The molecule has 5 aliphatic rings. The predicted molar refractivity (Wildman–Crippen MR) is 171 cm³/mol. The predicted octanol–water partition coefficient (Wildman–Crippen LogP) is 5.97. The van der Waals surface area contributed by atoms with E-state index in [4.69, 9.17) is 14.5 Å². The van der Waals surface area contributed by atoms with Crippen LogP contribution in [0.2, 0.25) is 0 Å². The zero-order valence-electron chi connectivity index (χ0n) is 26.0. The average Bonchev–Trinajstić information content (AvgIpc) is 3.62. The van der Waals surface area contributed by atoms with Crippen molar-refractivity contribution in [2.75, 3.05) is 44.3 Å². The number of halogens is 2. The van der Waals surface area contributed by atoms with Crippen LogP contribution in [0, 0.1) is 5.82 Å². The number of alkyl carbamates (subject to hydrolysis) is 1. The van der Waals surface area contributed by atoms with Gasteiger partial charge in [-0.1, -0.05) is 36.4 Å². The van der Waals surface area contributed by atoms with Crippen molar-refractivity contribution in [3.8, 4) is 17.3 Å². The van der Waals surface area contributed by atoms with Crippen LogP contribution in [0.4, 0.5) is 19.4 Å². The average molecular weight is 629 g/mol. The number of fused-ring (bicyclic) bond motifs is 7. The van der Waals surface area contributed by atoms with Gasteiger partial charge in [0.25, 0.3) is 0 Å². The van der Waals surface area contributed by atoms with Gasteiger partial charge in [-0.05, 0) is 74.9 Å². The first-order valence-electron chi connectivity index (χ1n) is 16.4. The molecule has 11 heteroatoms. The minimum Gasteiger partial charge on any atom is -0.461 e. The quantitative estimate of drug-likeness (QED) is 0.297. The summed E-state index contributed by atoms with van der Waals surface area (Å²) in [6.45, 7) is 4.73. The number of rotatable bonds is 3. The molecular weight excluding hydrogens is 590 g/mol. The molecule has 9 rings (SSSR count). The highest BCUT2D eigenvalue weighted by atomic mass is 19.1. The molecule has 46 heavy (non-hydrogen) atoms. The molecule has 3 fully saturated rings. The summed E-state index contributed by atoms with van der Waals surface area (Å²) in [6, 6.07) is 11.8. The van der Waals surface area contributed by atoms with Crippen LogP contribution in [0.15, 0.2) is 42.6 Å². The highest BCUT2D eigenvalue weighted by molar-refractivity contribution is 6.00. The monoisotopic (exact) mass is 628 g/mol. The highest BCUT2D eigenvalue weighted by Gasteiger charge is 2.45. The Kier molecular flexibility index (Phi) is 7.19. The van der Waals surface area contributed by atoms with Crippen molar-refractivity contribution in [2.45, 2.75) is 69.1 Å². The summed E-state index contributed by atoms with van der Waals surface area (Å²) in [5.74, 6) is -0.246. The Bertz CT molecular complexity index is 1820. The molecule has 2 aromatic carbocycles. The number of aromatic nitrogens is 3. The molecule has 0 radical (unpaired) electrons. The molecule has 0 saturated carbocycles. The summed E-state index contributed by atoms with van der Waals surface area (Å²) >= 11 is 0. The van der Waals surface area contributed by atoms with E-state index < -0.39 is 23.6 Å². The first kappa shape index (κ1) is 29.3. The summed E-state index contributed by atoms with van der Waals surface area (Å²) in [4.78, 5) is 31.3. The van der Waals surface area contributed by atoms with Gasteiger partial charge in [-0.3, -0.25) is 9.88 Å². The normalized spacial score (nSPS) is 24.6. The fourth-order valence-corrected chi connectivity index (χ4v) is 8.30. The summed E-state index contributed by atoms with van der Waals surface area (Å²) in [6.07, 6.45) is 5.30. The van der Waals surface area contributed by atoms with E-state index in [0.29, 0.717) is 36.2 Å². The first-order valence-corrected chi connectivity index (χ1v) is 16.4. The van der Waals surface area contributed by atoms with E-state index >= 15 is 8.78 Å². The lowest BCUT2D eigenvalue weighted by molar-refractivity contribution is 0.107. The maximum absolute atomic E-state index is 16.9. The molecule has 1 N–H and O–H groups in total. The zero-order chi connectivity index (χ0) is 31.5. The lowest BCUT2D eigenvalue weighted by Crippen LogP contribution is -2.60. The number of carbonyl (C=O) groups excluding carboxylic acids is 1. The molecule has 6 bridgehead atoms. The number of benzene rings is 2. The van der Waals surface area contributed by atoms with Crippen LogP contribution in [0.5, 0.6) is 6.01 Å². The first-order chi connectivity index (χ1) is 22.3. The Balaban J connectivity index is 1.30. The maximum Gasteiger partial charge on any atom is 0.407 e. The third-order valence-corrected chi connectivity index (χ3v) is 10.3. The summed E-state index contributed by atoms with van der Waals surface area (Å²) in [5.41, 5.74) is 0.888. The van der Waals surface area contributed by atoms with Gasteiger partial charge in [-0.25, -0.2) is 13.6 Å². The van der Waals surface area contributed by atoms with Crippen molar-refractivity contribution >= 4 is 33.6 Å². The smallest absolute Gasteiger partial charge is 0.407 e. The number of ether oxygens (including phenoxy) is 2. The van der Waals surface area contributed by atoms with E-state index in [9.17, 15) is 4.79 Å². The van der Waals surface area contributed by atoms with Crippen LogP contribution in [0.3, 0.4) is 0 Å². The molecule has 3 saturated heterocycles. The van der Waals surface area contributed by atoms with Crippen LogP contribution in [0.25, 0.3) is 32.9 Å². The van der Waals surface area contributed by atoms with Gasteiger partial charge in [-0.2, -0.15) is 9.97 Å². The van der Waals surface area contributed by atoms with E-state index in [1.165, 1.54) is 0 Å². The number of alkyl halides is 1. The Labute approximate surface area is 266 Å². The largest absolute Gasteiger partial charge is 0.461 e. The SMILES string of the molecule is CC12C[C@@H](F)CN(C1)c1nc(OCC34CCCN3CCC4)nc3c(F)c(ncc13)-c1cccc3cccc(c13)CCCOC(=O)N2. The molecule has 1 amide bonds. The van der Waals surface area contributed by atoms with Gasteiger partial charge in [0.05, 0.1) is 29.6 Å². The number of hydrogen-bond acceptors (Lipinski definition) is 8. The standard InChI is InChI=1S/C35H38F2N6O3/c1-34-17-24(36)19-42(20-34)31-26-18-38-29(25-11-3-9-22-7-2-8-23(27(22)25)10-4-16-45-33(44)41-34)28(37)30(26)39-32(40-31)46-21-35-12-5-14-43(35)15-6-13-35/h2-3,7-9,11,18,24H,4-6,10,12-17,19-21H2,1H3,(H,41,44)/t24-,34?/m1/s1. The Morgan fingerprint density at radius 3 is 2.74 bits per heavy atom.